The summed E-state index contributed by atoms with van der Waals surface area (Å²) >= 11 is 0. The average Bonchev–Trinajstić information content (AvgIpc) is 3.25. The second kappa shape index (κ2) is 25.3. The molecule has 0 N–H and O–H groups in total. The Labute approximate surface area is 361 Å². The maximum atomic E-state index is 12.2. The number of rotatable bonds is 23. The standard InChI is InChI=1S/C45H56O17/c1-29(46)54-27-37-39(58-30(2)47)41(59-31(3)48)43(60-32(4)49)45(62-37)53-22-21-51-28-57-42-40(56-25-35-19-13-8-14-20-35)38(55-24-34-17-11-7-12-18-34)36(61-44(42)50-5)26-52-23-33-15-9-6-10-16-33/h6-20,36-45H,21-28H2,1-5H3/t36-,37-,38-,39-,40+,41+,42+,43+,44+,45+/m1/s1. The molecule has 0 unspecified atom stereocenters. The van der Waals surface area contributed by atoms with Crippen molar-refractivity contribution in [1.29, 1.82) is 0 Å². The minimum Gasteiger partial charge on any atom is -0.463 e. The monoisotopic (exact) mass is 868 g/mol. The van der Waals surface area contributed by atoms with Gasteiger partial charge in [0.15, 0.2) is 30.9 Å². The van der Waals surface area contributed by atoms with Crippen LogP contribution in [0, 0.1) is 0 Å². The van der Waals surface area contributed by atoms with E-state index in [0.717, 1.165) is 37.5 Å². The molecular weight excluding hydrogens is 812 g/mol. The van der Waals surface area contributed by atoms with Gasteiger partial charge in [-0.3, -0.25) is 19.2 Å². The van der Waals surface area contributed by atoms with Crippen LogP contribution in [0.2, 0.25) is 0 Å². The zero-order valence-electron chi connectivity index (χ0n) is 35.5. The largest absolute Gasteiger partial charge is 0.463 e. The number of ether oxygens (including phenoxy) is 13. The zero-order chi connectivity index (χ0) is 44.3. The highest BCUT2D eigenvalue weighted by Gasteiger charge is 2.53. The smallest absolute Gasteiger partial charge is 0.303 e. The lowest BCUT2D eigenvalue weighted by atomic mass is 9.98. The third-order valence-electron chi connectivity index (χ3n) is 9.59. The van der Waals surface area contributed by atoms with Crippen LogP contribution in [-0.4, -0.2) is 126 Å². The Balaban J connectivity index is 1.28. The van der Waals surface area contributed by atoms with Crippen LogP contribution < -0.4 is 0 Å². The van der Waals surface area contributed by atoms with E-state index in [2.05, 4.69) is 0 Å². The van der Waals surface area contributed by atoms with Crippen LogP contribution in [0.1, 0.15) is 44.4 Å². The molecule has 2 heterocycles. The van der Waals surface area contributed by atoms with Gasteiger partial charge in [0, 0.05) is 34.8 Å². The highest BCUT2D eigenvalue weighted by atomic mass is 16.8. The maximum absolute atomic E-state index is 12.2. The van der Waals surface area contributed by atoms with Crippen LogP contribution in [0.5, 0.6) is 0 Å². The molecule has 5 rings (SSSR count). The molecule has 0 radical (unpaired) electrons. The van der Waals surface area contributed by atoms with Crippen molar-refractivity contribution in [3.63, 3.8) is 0 Å². The predicted molar refractivity (Wildman–Crippen MR) is 215 cm³/mol. The van der Waals surface area contributed by atoms with Crippen LogP contribution in [0.25, 0.3) is 0 Å². The molecule has 0 aliphatic carbocycles. The number of hydrogen-bond donors (Lipinski definition) is 0. The van der Waals surface area contributed by atoms with Gasteiger partial charge in [0.25, 0.3) is 0 Å². The van der Waals surface area contributed by atoms with Gasteiger partial charge in [-0.15, -0.1) is 0 Å². The summed E-state index contributed by atoms with van der Waals surface area (Å²) in [5.41, 5.74) is 2.88. The Kier molecular flexibility index (Phi) is 19.7. The molecule has 0 bridgehead atoms. The normalized spacial score (nSPS) is 26.0. The Bertz CT molecular complexity index is 1800. The first-order chi connectivity index (χ1) is 30.0. The molecule has 62 heavy (non-hydrogen) atoms. The summed E-state index contributed by atoms with van der Waals surface area (Å²) in [4.78, 5) is 48.2. The van der Waals surface area contributed by atoms with Gasteiger partial charge in [-0.05, 0) is 16.7 Å². The highest BCUT2D eigenvalue weighted by Crippen LogP contribution is 2.32. The maximum Gasteiger partial charge on any atom is 0.303 e. The second-order valence-electron chi connectivity index (χ2n) is 14.4. The Hall–Kier alpha value is -4.82. The summed E-state index contributed by atoms with van der Waals surface area (Å²) in [6, 6.07) is 29.2. The third-order valence-corrected chi connectivity index (χ3v) is 9.59. The van der Waals surface area contributed by atoms with E-state index >= 15 is 0 Å². The lowest BCUT2D eigenvalue weighted by molar-refractivity contribution is -0.331. The zero-order valence-corrected chi connectivity index (χ0v) is 35.5. The number of esters is 4. The van der Waals surface area contributed by atoms with Gasteiger partial charge in [-0.2, -0.15) is 0 Å². The Morgan fingerprint density at radius 1 is 0.468 bits per heavy atom. The van der Waals surface area contributed by atoms with Crippen molar-refractivity contribution in [2.75, 3.05) is 40.3 Å². The van der Waals surface area contributed by atoms with Gasteiger partial charge >= 0.3 is 23.9 Å². The quantitative estimate of drug-likeness (QED) is 0.0570. The van der Waals surface area contributed by atoms with Gasteiger partial charge in [0.2, 0.25) is 0 Å². The predicted octanol–water partition coefficient (Wildman–Crippen LogP) is 4.20. The van der Waals surface area contributed by atoms with Gasteiger partial charge in [0.05, 0.1) is 39.6 Å². The summed E-state index contributed by atoms with van der Waals surface area (Å²) in [5, 5.41) is 0. The van der Waals surface area contributed by atoms with Crippen molar-refractivity contribution in [2.45, 2.75) is 109 Å². The average molecular weight is 869 g/mol. The van der Waals surface area contributed by atoms with E-state index in [0.29, 0.717) is 6.61 Å². The number of methoxy groups -OCH3 is 1. The summed E-state index contributed by atoms with van der Waals surface area (Å²) < 4.78 is 77.3. The molecule has 338 valence electrons. The van der Waals surface area contributed by atoms with Gasteiger partial charge in [-0.1, -0.05) is 91.0 Å². The number of carbonyl (C=O) groups excluding carboxylic acids is 4. The van der Waals surface area contributed by atoms with Crippen LogP contribution in [0.4, 0.5) is 0 Å². The summed E-state index contributed by atoms with van der Waals surface area (Å²) in [6.45, 7) is 4.72. The van der Waals surface area contributed by atoms with E-state index < -0.39 is 91.9 Å². The molecule has 0 amide bonds. The van der Waals surface area contributed by atoms with Gasteiger partial charge < -0.3 is 61.6 Å². The lowest BCUT2D eigenvalue weighted by Crippen LogP contribution is -2.63. The molecule has 17 nitrogen and oxygen atoms in total. The number of hydrogen-bond acceptors (Lipinski definition) is 17. The van der Waals surface area contributed by atoms with Crippen molar-refractivity contribution >= 4 is 23.9 Å². The molecule has 3 aromatic rings. The molecule has 17 heteroatoms. The van der Waals surface area contributed by atoms with Crippen molar-refractivity contribution in [2.24, 2.45) is 0 Å². The van der Waals surface area contributed by atoms with E-state index in [-0.39, 0.29) is 39.8 Å². The Morgan fingerprint density at radius 3 is 1.52 bits per heavy atom. The molecule has 0 saturated carbocycles. The molecule has 3 aromatic carbocycles. The summed E-state index contributed by atoms with van der Waals surface area (Å²) in [6.07, 6.45) is -10.4. The third kappa shape index (κ3) is 15.2. The molecule has 2 aliphatic heterocycles. The van der Waals surface area contributed by atoms with Gasteiger partial charge in [0.1, 0.15) is 43.9 Å². The fourth-order valence-electron chi connectivity index (χ4n) is 6.90. The van der Waals surface area contributed by atoms with Crippen LogP contribution in [0.15, 0.2) is 91.0 Å². The number of carbonyl (C=O) groups is 4. The van der Waals surface area contributed by atoms with E-state index in [1.54, 1.807) is 0 Å². The first-order valence-corrected chi connectivity index (χ1v) is 20.2. The molecular formula is C45H56O17. The molecule has 0 aromatic heterocycles. The topological polar surface area (TPSA) is 188 Å². The molecule has 10 atom stereocenters. The fourth-order valence-corrected chi connectivity index (χ4v) is 6.90. The van der Waals surface area contributed by atoms with Crippen molar-refractivity contribution < 1.29 is 80.8 Å². The van der Waals surface area contributed by atoms with Crippen molar-refractivity contribution in [1.82, 2.24) is 0 Å². The van der Waals surface area contributed by atoms with E-state index in [1.165, 1.54) is 14.0 Å². The molecule has 2 fully saturated rings. The minimum absolute atomic E-state index is 0.0719. The second-order valence-corrected chi connectivity index (χ2v) is 14.4. The first kappa shape index (κ1) is 48.2. The summed E-state index contributed by atoms with van der Waals surface area (Å²) in [5.74, 6) is -2.90. The van der Waals surface area contributed by atoms with Gasteiger partial charge in [-0.25, -0.2) is 0 Å². The lowest BCUT2D eigenvalue weighted by Gasteiger charge is -2.45. The molecule has 2 saturated heterocycles. The minimum atomic E-state index is -1.38. The molecule has 2 aliphatic rings. The fraction of sp³-hybridized carbons (Fsp3) is 0.511. The summed E-state index contributed by atoms with van der Waals surface area (Å²) in [7, 11) is 1.50. The SMILES string of the molecule is CO[C@H]1O[C@H](COCc2ccccc2)[C@@H](OCc2ccccc2)[C@H](OCc2ccccc2)[C@@H]1OCOCCO[C@H]1O[C@H](COC(C)=O)[C@@H](OC(C)=O)[C@H](OC(C)=O)[C@@H]1OC(C)=O. The first-order valence-electron chi connectivity index (χ1n) is 20.2. The number of benzene rings is 3. The Morgan fingerprint density at radius 2 is 0.968 bits per heavy atom. The van der Waals surface area contributed by atoms with E-state index in [1.807, 2.05) is 91.0 Å². The van der Waals surface area contributed by atoms with E-state index in [4.69, 9.17) is 61.6 Å². The molecule has 0 spiro atoms. The van der Waals surface area contributed by atoms with Crippen LogP contribution in [0.3, 0.4) is 0 Å². The van der Waals surface area contributed by atoms with E-state index in [9.17, 15) is 19.2 Å². The van der Waals surface area contributed by atoms with Crippen LogP contribution in [-0.2, 0) is 101 Å². The van der Waals surface area contributed by atoms with Crippen molar-refractivity contribution in [3.8, 4) is 0 Å². The van der Waals surface area contributed by atoms with Crippen LogP contribution >= 0.6 is 0 Å². The highest BCUT2D eigenvalue weighted by molar-refractivity contribution is 5.68. The van der Waals surface area contributed by atoms with Crippen molar-refractivity contribution in [3.05, 3.63) is 108 Å².